The molecule has 8 nitrogen and oxygen atoms in total. The minimum absolute atomic E-state index is 0.0526. The number of halogens is 2. The van der Waals surface area contributed by atoms with Crippen molar-refractivity contribution in [2.75, 3.05) is 18.5 Å². The van der Waals surface area contributed by atoms with E-state index in [1.54, 1.807) is 19.4 Å². The number of ether oxygens (including phenoxy) is 2. The topological polar surface area (TPSA) is 79.0 Å². The van der Waals surface area contributed by atoms with Crippen molar-refractivity contribution in [3.8, 4) is 5.88 Å². The second kappa shape index (κ2) is 8.50. The standard InChI is InChI=1S/C22H28F2N6O2/c1-6-7-22(23,24)15(4)32-20-17(10-29(5)28-20)26-21-25-9-16-8-14(3)30(19(16)27-21)18-12-31-11-13(18)2/h6,8-10,13,15,18H,1,7,11-12H2,2-5H3,(H,25,26,27)/t13-,15+,18-/m0/s1. The lowest BCUT2D eigenvalue weighted by molar-refractivity contribution is -0.0859. The highest BCUT2D eigenvalue weighted by Gasteiger charge is 2.37. The van der Waals surface area contributed by atoms with Crippen LogP contribution in [0.3, 0.4) is 0 Å². The van der Waals surface area contributed by atoms with Crippen molar-refractivity contribution in [2.45, 2.75) is 45.3 Å². The van der Waals surface area contributed by atoms with Crippen LogP contribution in [0.5, 0.6) is 5.88 Å². The van der Waals surface area contributed by atoms with Gasteiger partial charge in [0, 0.05) is 36.7 Å². The number of allylic oxidation sites excluding steroid dienone is 1. The Bertz CT molecular complexity index is 1130. The summed E-state index contributed by atoms with van der Waals surface area (Å²) in [5, 5.41) is 8.17. The van der Waals surface area contributed by atoms with Crippen LogP contribution in [0.25, 0.3) is 11.0 Å². The zero-order valence-electron chi connectivity index (χ0n) is 18.7. The van der Waals surface area contributed by atoms with E-state index in [-0.39, 0.29) is 11.9 Å². The van der Waals surface area contributed by atoms with Gasteiger partial charge in [0.15, 0.2) is 6.10 Å². The number of rotatable bonds is 8. The third kappa shape index (κ3) is 4.19. The Kier molecular flexibility index (Phi) is 5.89. The second-order valence-electron chi connectivity index (χ2n) is 8.37. The molecule has 4 heterocycles. The van der Waals surface area contributed by atoms with E-state index in [0.717, 1.165) is 16.7 Å². The van der Waals surface area contributed by atoms with Crippen LogP contribution in [0, 0.1) is 12.8 Å². The third-order valence-electron chi connectivity index (χ3n) is 5.77. The highest BCUT2D eigenvalue weighted by Crippen LogP contribution is 2.33. The summed E-state index contributed by atoms with van der Waals surface area (Å²) in [6, 6.07) is 2.24. The van der Waals surface area contributed by atoms with Crippen molar-refractivity contribution >= 4 is 22.7 Å². The number of fused-ring (bicyclic) bond motifs is 1. The Morgan fingerprint density at radius 3 is 2.91 bits per heavy atom. The summed E-state index contributed by atoms with van der Waals surface area (Å²) in [5.74, 6) is -2.32. The third-order valence-corrected chi connectivity index (χ3v) is 5.77. The van der Waals surface area contributed by atoms with Gasteiger partial charge in [-0.15, -0.1) is 11.7 Å². The predicted octanol–water partition coefficient (Wildman–Crippen LogP) is 4.40. The first-order chi connectivity index (χ1) is 15.2. The number of aryl methyl sites for hydroxylation is 2. The van der Waals surface area contributed by atoms with E-state index >= 15 is 0 Å². The molecule has 1 N–H and O–H groups in total. The summed E-state index contributed by atoms with van der Waals surface area (Å²) >= 11 is 0. The summed E-state index contributed by atoms with van der Waals surface area (Å²) in [6.45, 7) is 10.2. The van der Waals surface area contributed by atoms with Crippen LogP contribution >= 0.6 is 0 Å². The molecule has 1 saturated heterocycles. The molecule has 0 amide bonds. The van der Waals surface area contributed by atoms with E-state index in [4.69, 9.17) is 14.5 Å². The molecule has 0 saturated carbocycles. The van der Waals surface area contributed by atoms with E-state index < -0.39 is 18.4 Å². The van der Waals surface area contributed by atoms with E-state index in [9.17, 15) is 8.78 Å². The van der Waals surface area contributed by atoms with Crippen LogP contribution in [0.2, 0.25) is 0 Å². The fourth-order valence-electron chi connectivity index (χ4n) is 3.97. The molecule has 0 aliphatic carbocycles. The van der Waals surface area contributed by atoms with Gasteiger partial charge in [0.2, 0.25) is 5.95 Å². The molecule has 32 heavy (non-hydrogen) atoms. The van der Waals surface area contributed by atoms with E-state index in [2.05, 4.69) is 33.5 Å². The zero-order chi connectivity index (χ0) is 23.0. The highest BCUT2D eigenvalue weighted by atomic mass is 19.3. The number of nitrogens with one attached hydrogen (secondary N) is 1. The zero-order valence-corrected chi connectivity index (χ0v) is 18.7. The molecule has 4 rings (SSSR count). The molecule has 1 aliphatic heterocycles. The van der Waals surface area contributed by atoms with Crippen molar-refractivity contribution in [3.05, 3.63) is 36.8 Å². The van der Waals surface area contributed by atoms with Gasteiger partial charge in [-0.2, -0.15) is 4.98 Å². The maximum atomic E-state index is 14.2. The second-order valence-corrected chi connectivity index (χ2v) is 8.37. The van der Waals surface area contributed by atoms with Gasteiger partial charge in [0.05, 0.1) is 25.5 Å². The van der Waals surface area contributed by atoms with Crippen molar-refractivity contribution in [1.82, 2.24) is 24.3 Å². The smallest absolute Gasteiger partial charge is 0.287 e. The largest absolute Gasteiger partial charge is 0.466 e. The van der Waals surface area contributed by atoms with E-state index in [1.165, 1.54) is 17.7 Å². The van der Waals surface area contributed by atoms with Gasteiger partial charge < -0.3 is 19.4 Å². The van der Waals surface area contributed by atoms with Crippen LogP contribution in [-0.4, -0.2) is 49.6 Å². The molecule has 3 atom stereocenters. The van der Waals surface area contributed by atoms with E-state index in [1.807, 2.05) is 13.0 Å². The maximum absolute atomic E-state index is 14.2. The quantitative estimate of drug-likeness (QED) is 0.517. The predicted molar refractivity (Wildman–Crippen MR) is 118 cm³/mol. The summed E-state index contributed by atoms with van der Waals surface area (Å²) in [5.41, 5.74) is 2.28. The first-order valence-corrected chi connectivity index (χ1v) is 10.6. The molecule has 1 aliphatic rings. The molecule has 0 bridgehead atoms. The van der Waals surface area contributed by atoms with Crippen molar-refractivity contribution in [3.63, 3.8) is 0 Å². The first-order valence-electron chi connectivity index (χ1n) is 10.6. The summed E-state index contributed by atoms with van der Waals surface area (Å²) < 4.78 is 43.2. The van der Waals surface area contributed by atoms with Crippen LogP contribution in [0.1, 0.15) is 32.0 Å². The van der Waals surface area contributed by atoms with Crippen LogP contribution in [0.15, 0.2) is 31.1 Å². The molecule has 3 aromatic heterocycles. The molecule has 172 valence electrons. The highest BCUT2D eigenvalue weighted by molar-refractivity contribution is 5.78. The Morgan fingerprint density at radius 2 is 2.22 bits per heavy atom. The Labute approximate surface area is 185 Å². The Hall–Kier alpha value is -3.01. The molecule has 0 spiro atoms. The minimum Gasteiger partial charge on any atom is -0.466 e. The van der Waals surface area contributed by atoms with Crippen LogP contribution in [-0.2, 0) is 11.8 Å². The fourth-order valence-corrected chi connectivity index (χ4v) is 3.97. The van der Waals surface area contributed by atoms with Gasteiger partial charge in [0.25, 0.3) is 11.8 Å². The molecule has 0 radical (unpaired) electrons. The molecule has 10 heteroatoms. The molecule has 0 aromatic carbocycles. The van der Waals surface area contributed by atoms with Gasteiger partial charge in [-0.3, -0.25) is 4.68 Å². The molecule has 1 fully saturated rings. The molecular formula is C22H28F2N6O2. The van der Waals surface area contributed by atoms with Gasteiger partial charge in [-0.1, -0.05) is 13.0 Å². The number of aromatic nitrogens is 5. The number of anilines is 2. The molecular weight excluding hydrogens is 418 g/mol. The summed E-state index contributed by atoms with van der Waals surface area (Å²) in [6.07, 6.45) is 2.69. The maximum Gasteiger partial charge on any atom is 0.287 e. The number of hydrogen-bond acceptors (Lipinski definition) is 6. The van der Waals surface area contributed by atoms with Crippen molar-refractivity contribution in [1.29, 1.82) is 0 Å². The van der Waals surface area contributed by atoms with Gasteiger partial charge in [0.1, 0.15) is 11.3 Å². The van der Waals surface area contributed by atoms with Crippen LogP contribution in [0.4, 0.5) is 20.4 Å². The number of nitrogens with zero attached hydrogens (tertiary/aromatic N) is 5. The summed E-state index contributed by atoms with van der Waals surface area (Å²) in [7, 11) is 1.69. The lowest BCUT2D eigenvalue weighted by Crippen LogP contribution is -2.35. The van der Waals surface area contributed by atoms with Gasteiger partial charge >= 0.3 is 0 Å². The van der Waals surface area contributed by atoms with Gasteiger partial charge in [-0.25, -0.2) is 13.8 Å². The fraction of sp³-hybridized carbons (Fsp3) is 0.500. The van der Waals surface area contributed by atoms with E-state index in [0.29, 0.717) is 30.8 Å². The normalized spacial score (nSPS) is 19.9. The molecule has 0 unspecified atom stereocenters. The summed E-state index contributed by atoms with van der Waals surface area (Å²) in [4.78, 5) is 9.10. The monoisotopic (exact) mass is 446 g/mol. The lowest BCUT2D eigenvalue weighted by atomic mass is 10.1. The SMILES string of the molecule is C=CCC(F)(F)[C@@H](C)Oc1nn(C)cc1Nc1ncc2cc(C)n([C@H]3COC[C@@H]3C)c2n1. The van der Waals surface area contributed by atoms with Crippen LogP contribution < -0.4 is 10.1 Å². The average molecular weight is 447 g/mol. The Morgan fingerprint density at radius 1 is 1.44 bits per heavy atom. The number of alkyl halides is 2. The van der Waals surface area contributed by atoms with Crippen molar-refractivity contribution in [2.24, 2.45) is 13.0 Å². The lowest BCUT2D eigenvalue weighted by Gasteiger charge is -2.22. The number of hydrogen-bond donors (Lipinski definition) is 1. The molecule has 3 aromatic rings. The Balaban J connectivity index is 1.62. The van der Waals surface area contributed by atoms with Gasteiger partial charge in [-0.05, 0) is 19.9 Å². The van der Waals surface area contributed by atoms with Crippen molar-refractivity contribution < 1.29 is 18.3 Å². The first kappa shape index (κ1) is 22.2. The minimum atomic E-state index is -3.07. The average Bonchev–Trinajstić information content (AvgIpc) is 3.38.